The molecule has 9 nitrogen and oxygen atoms in total. The Hall–Kier alpha value is -4.23. The third-order valence-electron chi connectivity index (χ3n) is 7.11. The Morgan fingerprint density at radius 2 is 1.64 bits per heavy atom. The Balaban J connectivity index is 0.000000952. The summed E-state index contributed by atoms with van der Waals surface area (Å²) >= 11 is 0. The third-order valence-corrected chi connectivity index (χ3v) is 7.11. The van der Waals surface area contributed by atoms with Gasteiger partial charge in [0.2, 0.25) is 5.82 Å². The summed E-state index contributed by atoms with van der Waals surface area (Å²) in [5, 5.41) is 23.7. The first-order chi connectivity index (χ1) is 19.7. The van der Waals surface area contributed by atoms with Gasteiger partial charge in [-0.25, -0.2) is 8.78 Å². The minimum atomic E-state index is -4.70. The van der Waals surface area contributed by atoms with Crippen molar-refractivity contribution in [3.63, 3.8) is 0 Å². The smallest absolute Gasteiger partial charge is 0.418 e. The van der Waals surface area contributed by atoms with E-state index in [0.29, 0.717) is 18.4 Å². The molecule has 5 rings (SSSR count). The van der Waals surface area contributed by atoms with E-state index in [9.17, 15) is 26.7 Å². The Bertz CT molecular complexity index is 1400. The van der Waals surface area contributed by atoms with Crippen LogP contribution in [0.15, 0.2) is 47.0 Å². The van der Waals surface area contributed by atoms with Crippen molar-refractivity contribution in [2.75, 3.05) is 23.3 Å². The summed E-state index contributed by atoms with van der Waals surface area (Å²) in [5.74, 6) is -4.75. The molecule has 2 heterocycles. The first-order valence-electron chi connectivity index (χ1n) is 13.2. The second kappa shape index (κ2) is 12.3. The molecule has 1 aliphatic carbocycles. The second-order valence-electron chi connectivity index (χ2n) is 10.3. The molecule has 0 amide bonds. The lowest BCUT2D eigenvalue weighted by Crippen LogP contribution is -2.40. The number of halogens is 5. The number of benzene rings is 2. The van der Waals surface area contributed by atoms with Crippen molar-refractivity contribution >= 4 is 23.3 Å². The molecule has 1 aromatic heterocycles. The molecule has 1 saturated carbocycles. The van der Waals surface area contributed by atoms with Crippen LogP contribution in [-0.4, -0.2) is 57.3 Å². The molecule has 2 aromatic carbocycles. The molecule has 1 unspecified atom stereocenters. The highest BCUT2D eigenvalue weighted by Gasteiger charge is 2.39. The third kappa shape index (κ3) is 7.74. The van der Waals surface area contributed by atoms with Crippen molar-refractivity contribution in [2.24, 2.45) is 5.92 Å². The number of alkyl halides is 5. The zero-order chi connectivity index (χ0) is 30.7. The number of hydrogen-bond acceptors (Lipinski definition) is 7. The van der Waals surface area contributed by atoms with Crippen LogP contribution >= 0.6 is 0 Å². The molecule has 0 radical (unpaired) electrons. The number of carbonyl (C=O) groups is 2. The van der Waals surface area contributed by atoms with Gasteiger partial charge in [0.05, 0.1) is 11.5 Å². The van der Waals surface area contributed by atoms with Crippen LogP contribution in [0.25, 0.3) is 22.8 Å². The van der Waals surface area contributed by atoms with Crippen molar-refractivity contribution in [3.8, 4) is 22.8 Å². The normalized spacial score (nSPS) is 20.0. The van der Waals surface area contributed by atoms with Crippen LogP contribution in [0.2, 0.25) is 0 Å². The zero-order valence-corrected chi connectivity index (χ0v) is 22.5. The first kappa shape index (κ1) is 30.7. The lowest BCUT2D eigenvalue weighted by atomic mass is 10.0. The highest BCUT2D eigenvalue weighted by molar-refractivity contribution is 5.71. The molecule has 0 spiro atoms. The van der Waals surface area contributed by atoms with Crippen LogP contribution in [-0.2, 0) is 15.8 Å². The molecule has 3 N–H and O–H groups in total. The van der Waals surface area contributed by atoms with Gasteiger partial charge in [0.15, 0.2) is 0 Å². The second-order valence-corrected chi connectivity index (χ2v) is 10.3. The summed E-state index contributed by atoms with van der Waals surface area (Å²) in [4.78, 5) is 25.7. The van der Waals surface area contributed by atoms with Crippen molar-refractivity contribution < 1.29 is 46.3 Å². The van der Waals surface area contributed by atoms with Crippen molar-refractivity contribution in [2.45, 2.75) is 57.2 Å². The number of piperidine rings is 1. The molecule has 0 bridgehead atoms. The molecule has 3 aromatic rings. The number of rotatable bonds is 6. The van der Waals surface area contributed by atoms with Gasteiger partial charge in [-0.2, -0.15) is 18.2 Å². The molecule has 226 valence electrons. The molecule has 2 atom stereocenters. The Labute approximate surface area is 237 Å². The molecule has 14 heteroatoms. The summed E-state index contributed by atoms with van der Waals surface area (Å²) in [6.45, 7) is 0.737. The van der Waals surface area contributed by atoms with Crippen molar-refractivity contribution in [1.29, 1.82) is 0 Å². The van der Waals surface area contributed by atoms with Crippen molar-refractivity contribution in [3.05, 3.63) is 48.0 Å². The molecule has 1 saturated heterocycles. The van der Waals surface area contributed by atoms with E-state index >= 15 is 0 Å². The van der Waals surface area contributed by atoms with Gasteiger partial charge in [-0.05, 0) is 61.7 Å². The minimum absolute atomic E-state index is 0.0323. The fourth-order valence-electron chi connectivity index (χ4n) is 4.99. The van der Waals surface area contributed by atoms with Crippen LogP contribution < -0.4 is 10.2 Å². The molecular formula is C28H29F5N4O5. The average Bonchev–Trinajstić information content (AvgIpc) is 3.59. The number of anilines is 2. The van der Waals surface area contributed by atoms with Crippen LogP contribution in [0, 0.1) is 5.92 Å². The highest BCUT2D eigenvalue weighted by Crippen LogP contribution is 2.41. The van der Waals surface area contributed by atoms with Gasteiger partial charge in [-0.3, -0.25) is 9.59 Å². The zero-order valence-electron chi connectivity index (χ0n) is 22.5. The van der Waals surface area contributed by atoms with E-state index in [4.69, 9.17) is 19.5 Å². The van der Waals surface area contributed by atoms with Gasteiger partial charge in [0.1, 0.15) is 0 Å². The van der Waals surface area contributed by atoms with Gasteiger partial charge in [-0.1, -0.05) is 5.16 Å². The lowest BCUT2D eigenvalue weighted by molar-refractivity contribution is -0.141. The summed E-state index contributed by atoms with van der Waals surface area (Å²) in [6, 6.07) is 10.7. The van der Waals surface area contributed by atoms with Crippen LogP contribution in [0.4, 0.5) is 33.3 Å². The number of hydrogen-bond donors (Lipinski definition) is 3. The fourth-order valence-corrected chi connectivity index (χ4v) is 4.99. The minimum Gasteiger partial charge on any atom is -0.481 e. The maximum Gasteiger partial charge on any atom is 0.418 e. The van der Waals surface area contributed by atoms with E-state index in [1.807, 2.05) is 0 Å². The van der Waals surface area contributed by atoms with E-state index in [0.717, 1.165) is 25.1 Å². The maximum atomic E-state index is 13.9. The number of carboxylic acids is 2. The molecule has 1 aliphatic heterocycles. The van der Waals surface area contributed by atoms with Gasteiger partial charge in [0.25, 0.3) is 17.8 Å². The number of nitrogens with zero attached hydrogens (tertiary/aromatic N) is 3. The first-order valence-corrected chi connectivity index (χ1v) is 13.2. The number of aliphatic carboxylic acids is 2. The van der Waals surface area contributed by atoms with E-state index in [1.165, 1.54) is 17.0 Å². The summed E-state index contributed by atoms with van der Waals surface area (Å²) in [5.41, 5.74) is 0.349. The van der Waals surface area contributed by atoms with Gasteiger partial charge < -0.3 is 25.0 Å². The van der Waals surface area contributed by atoms with E-state index in [-0.39, 0.29) is 48.0 Å². The largest absolute Gasteiger partial charge is 0.481 e. The SMILES string of the molecule is CC(=O)O.O=C(O)C1CC[C@H](Nc2ccc(-c3nc(-c4ccc(N5CCC(F)(F)CC5)c(C(F)(F)F)c4)no3)cc2)C1. The summed E-state index contributed by atoms with van der Waals surface area (Å²) in [7, 11) is 0. The standard InChI is InChI=1S/C26H25F5N4O3.C2H4O2/c27-25(28)9-11-35(12-10-25)21-8-4-16(14-20(21)26(29,30)31)22-33-23(38-34-22)15-1-5-18(6-2-15)32-19-7-3-17(13-19)24(36)37;1-2(3)4/h1-2,4-6,8,14,17,19,32H,3,7,9-13H2,(H,36,37);1H3,(H,3,4)/t17?,19-;/m0./s1. The van der Waals surface area contributed by atoms with E-state index in [1.54, 1.807) is 24.3 Å². The molecule has 42 heavy (non-hydrogen) atoms. The summed E-state index contributed by atoms with van der Waals surface area (Å²) < 4.78 is 74.0. The van der Waals surface area contributed by atoms with Crippen LogP contribution in [0.5, 0.6) is 0 Å². The number of aromatic nitrogens is 2. The molecule has 2 fully saturated rings. The predicted molar refractivity (Wildman–Crippen MR) is 142 cm³/mol. The monoisotopic (exact) mass is 596 g/mol. The van der Waals surface area contributed by atoms with Crippen molar-refractivity contribution in [1.82, 2.24) is 10.1 Å². The highest BCUT2D eigenvalue weighted by atomic mass is 19.4. The maximum absolute atomic E-state index is 13.9. The van der Waals surface area contributed by atoms with E-state index < -0.39 is 42.4 Å². The van der Waals surface area contributed by atoms with Crippen LogP contribution in [0.3, 0.4) is 0 Å². The van der Waals surface area contributed by atoms with Gasteiger partial charge in [-0.15, -0.1) is 0 Å². The van der Waals surface area contributed by atoms with Gasteiger partial charge >= 0.3 is 12.1 Å². The molecule has 2 aliphatic rings. The average molecular weight is 597 g/mol. The van der Waals surface area contributed by atoms with E-state index in [2.05, 4.69) is 15.5 Å². The van der Waals surface area contributed by atoms with Gasteiger partial charge in [0, 0.05) is 61.4 Å². The Morgan fingerprint density at radius 1 is 1.02 bits per heavy atom. The number of nitrogens with one attached hydrogen (secondary N) is 1. The summed E-state index contributed by atoms with van der Waals surface area (Å²) in [6.07, 6.45) is -3.77. The number of carboxylic acid groups (broad SMARTS) is 2. The lowest BCUT2D eigenvalue weighted by Gasteiger charge is -2.34. The Kier molecular flexibility index (Phi) is 9.02. The van der Waals surface area contributed by atoms with Crippen LogP contribution in [0.1, 0.15) is 44.6 Å². The quantitative estimate of drug-likeness (QED) is 0.276. The fraction of sp³-hybridized carbons (Fsp3) is 0.429. The molecular weight excluding hydrogens is 567 g/mol. The Morgan fingerprint density at radius 3 is 2.21 bits per heavy atom. The topological polar surface area (TPSA) is 129 Å². The predicted octanol–water partition coefficient (Wildman–Crippen LogP) is 6.41.